The van der Waals surface area contributed by atoms with Crippen molar-refractivity contribution in [1.82, 2.24) is 24.7 Å². The van der Waals surface area contributed by atoms with Crippen LogP contribution >= 0.6 is 0 Å². The molecule has 40 heavy (non-hydrogen) atoms. The van der Waals surface area contributed by atoms with Crippen molar-refractivity contribution < 1.29 is 14.7 Å². The molecule has 1 fully saturated rings. The minimum Gasteiger partial charge on any atom is -0.390 e. The molecule has 2 atom stereocenters. The van der Waals surface area contributed by atoms with Crippen molar-refractivity contribution in [2.75, 3.05) is 45.1 Å². The van der Waals surface area contributed by atoms with Gasteiger partial charge in [-0.25, -0.2) is 9.97 Å². The molecule has 0 unspecified atom stereocenters. The number of nitrogens with zero attached hydrogens (tertiary/aromatic N) is 5. The average Bonchev–Trinajstić information content (AvgIpc) is 2.98. The van der Waals surface area contributed by atoms with Gasteiger partial charge in [0.25, 0.3) is 5.91 Å². The Morgan fingerprint density at radius 3 is 2.55 bits per heavy atom. The van der Waals surface area contributed by atoms with E-state index >= 15 is 0 Å². The third kappa shape index (κ3) is 6.48. The van der Waals surface area contributed by atoms with E-state index in [4.69, 9.17) is 0 Å². The highest BCUT2D eigenvalue weighted by molar-refractivity contribution is 5.93. The lowest BCUT2D eigenvalue weighted by Crippen LogP contribution is -2.56. The Morgan fingerprint density at radius 2 is 1.80 bits per heavy atom. The summed E-state index contributed by atoms with van der Waals surface area (Å²) in [6.07, 6.45) is 1.80. The fraction of sp³-hybridized carbons (Fsp3) is 0.419. The van der Waals surface area contributed by atoms with Crippen LogP contribution in [0.3, 0.4) is 0 Å². The number of β-amino-alcohol motifs (C(OH)–C–C–N with tert-alkyl or cyclic N) is 1. The summed E-state index contributed by atoms with van der Waals surface area (Å²) in [7, 11) is 1.78. The Hall–Kier alpha value is -3.82. The summed E-state index contributed by atoms with van der Waals surface area (Å²) < 4.78 is 0. The Kier molecular flexibility index (Phi) is 8.72. The van der Waals surface area contributed by atoms with Gasteiger partial charge in [0.2, 0.25) is 5.91 Å². The van der Waals surface area contributed by atoms with Crippen molar-refractivity contribution in [3.8, 4) is 11.4 Å². The highest BCUT2D eigenvalue weighted by Gasteiger charge is 2.36. The van der Waals surface area contributed by atoms with Crippen LogP contribution in [-0.2, 0) is 17.8 Å². The van der Waals surface area contributed by atoms with Gasteiger partial charge in [-0.15, -0.1) is 0 Å². The topological polar surface area (TPSA) is 102 Å². The number of piperidine rings is 1. The zero-order valence-corrected chi connectivity index (χ0v) is 23.3. The molecule has 0 spiro atoms. The molecule has 0 radical (unpaired) electrons. The number of aromatic nitrogens is 2. The molecule has 1 saturated heterocycles. The molecule has 9 nitrogen and oxygen atoms in total. The molecule has 2 aromatic carbocycles. The number of amides is 2. The quantitative estimate of drug-likeness (QED) is 0.422. The molecule has 210 valence electrons. The molecule has 9 heteroatoms. The van der Waals surface area contributed by atoms with Crippen LogP contribution in [0.4, 0.5) is 5.82 Å². The van der Waals surface area contributed by atoms with Crippen molar-refractivity contribution in [2.45, 2.75) is 44.9 Å². The van der Waals surface area contributed by atoms with Gasteiger partial charge in [-0.1, -0.05) is 54.6 Å². The van der Waals surface area contributed by atoms with Crippen molar-refractivity contribution in [3.05, 3.63) is 77.5 Å². The van der Waals surface area contributed by atoms with Gasteiger partial charge < -0.3 is 20.2 Å². The number of hydrogen-bond acceptors (Lipinski definition) is 7. The standard InChI is InChI=1S/C31H38N6O3/c1-22(38)35(2)16-8-15-32-29-19-26(33-30(34-29)24-10-4-3-5-11-24)31(40)37-18-14-27(28(39)21-37)36-17-13-23-9-6-7-12-25(23)20-36/h3-7,9-12,19,27-28,39H,8,13-18,20-21H2,1-2H3,(H,32,33,34)/t27-,28-/m1/s1. The van der Waals surface area contributed by atoms with Crippen LogP contribution in [0.1, 0.15) is 41.4 Å². The predicted octanol–water partition coefficient (Wildman–Crippen LogP) is 3.06. The molecule has 0 bridgehead atoms. The van der Waals surface area contributed by atoms with E-state index in [2.05, 4.69) is 44.5 Å². The number of fused-ring (bicyclic) bond motifs is 1. The molecule has 2 N–H and O–H groups in total. The van der Waals surface area contributed by atoms with Crippen LogP contribution in [0.5, 0.6) is 0 Å². The highest BCUT2D eigenvalue weighted by atomic mass is 16.3. The molecule has 0 aliphatic carbocycles. The van der Waals surface area contributed by atoms with Crippen LogP contribution in [0.15, 0.2) is 60.7 Å². The summed E-state index contributed by atoms with van der Waals surface area (Å²) in [5.41, 5.74) is 3.83. The maximum absolute atomic E-state index is 13.7. The van der Waals surface area contributed by atoms with E-state index in [-0.39, 0.29) is 24.4 Å². The number of benzene rings is 2. The van der Waals surface area contributed by atoms with Crippen molar-refractivity contribution >= 4 is 17.6 Å². The van der Waals surface area contributed by atoms with Gasteiger partial charge in [0, 0.05) is 70.9 Å². The lowest BCUT2D eigenvalue weighted by molar-refractivity contribution is -0.127. The van der Waals surface area contributed by atoms with Crippen molar-refractivity contribution in [3.63, 3.8) is 0 Å². The first-order chi connectivity index (χ1) is 19.4. The van der Waals surface area contributed by atoms with E-state index in [0.717, 1.165) is 31.5 Å². The fourth-order valence-corrected chi connectivity index (χ4v) is 5.55. The lowest BCUT2D eigenvalue weighted by Gasteiger charge is -2.43. The van der Waals surface area contributed by atoms with E-state index in [9.17, 15) is 14.7 Å². The number of carbonyl (C=O) groups is 2. The predicted molar refractivity (Wildman–Crippen MR) is 155 cm³/mol. The van der Waals surface area contributed by atoms with Gasteiger partial charge in [-0.3, -0.25) is 14.5 Å². The number of nitrogens with one attached hydrogen (secondary N) is 1. The van der Waals surface area contributed by atoms with Gasteiger partial charge in [-0.05, 0) is 30.4 Å². The van der Waals surface area contributed by atoms with Gasteiger partial charge in [0.15, 0.2) is 5.82 Å². The molecule has 3 aromatic rings. The monoisotopic (exact) mass is 542 g/mol. The first kappa shape index (κ1) is 27.7. The number of aliphatic hydroxyl groups is 1. The van der Waals surface area contributed by atoms with Crippen LogP contribution in [0, 0.1) is 0 Å². The molecule has 1 aromatic heterocycles. The van der Waals surface area contributed by atoms with Crippen molar-refractivity contribution in [2.24, 2.45) is 0 Å². The molecular formula is C31H38N6O3. The minimum atomic E-state index is -0.630. The Balaban J connectivity index is 1.27. The molecule has 3 heterocycles. The number of carbonyl (C=O) groups excluding carboxylic acids is 2. The Morgan fingerprint density at radius 1 is 1.05 bits per heavy atom. The number of hydrogen-bond donors (Lipinski definition) is 2. The highest BCUT2D eigenvalue weighted by Crippen LogP contribution is 2.26. The summed E-state index contributed by atoms with van der Waals surface area (Å²) in [6, 6.07) is 19.8. The number of anilines is 1. The number of rotatable bonds is 8. The molecule has 2 amide bonds. The normalized spacial score (nSPS) is 19.1. The maximum Gasteiger partial charge on any atom is 0.272 e. The number of aliphatic hydroxyl groups excluding tert-OH is 1. The van der Waals surface area contributed by atoms with E-state index < -0.39 is 6.10 Å². The van der Waals surface area contributed by atoms with E-state index in [1.807, 2.05) is 30.3 Å². The average molecular weight is 543 g/mol. The Bertz CT molecular complexity index is 1330. The largest absolute Gasteiger partial charge is 0.390 e. The van der Waals surface area contributed by atoms with E-state index in [1.165, 1.54) is 11.1 Å². The first-order valence-corrected chi connectivity index (χ1v) is 14.1. The fourth-order valence-electron chi connectivity index (χ4n) is 5.55. The SMILES string of the molecule is CC(=O)N(C)CCCNc1cc(C(=O)N2CC[C@@H](N3CCc4ccccc4C3)[C@H](O)C2)nc(-c2ccccc2)n1. The zero-order valence-electron chi connectivity index (χ0n) is 23.3. The third-order valence-electron chi connectivity index (χ3n) is 7.95. The van der Waals surface area contributed by atoms with Gasteiger partial charge >= 0.3 is 0 Å². The third-order valence-corrected chi connectivity index (χ3v) is 7.95. The second kappa shape index (κ2) is 12.6. The molecular weight excluding hydrogens is 504 g/mol. The first-order valence-electron chi connectivity index (χ1n) is 14.1. The summed E-state index contributed by atoms with van der Waals surface area (Å²) in [5.74, 6) is 0.847. The van der Waals surface area contributed by atoms with Gasteiger partial charge in [0.05, 0.1) is 6.10 Å². The number of likely N-dealkylation sites (tertiary alicyclic amines) is 1. The molecule has 0 saturated carbocycles. The maximum atomic E-state index is 13.7. The zero-order chi connectivity index (χ0) is 28.1. The smallest absolute Gasteiger partial charge is 0.272 e. The summed E-state index contributed by atoms with van der Waals surface area (Å²) >= 11 is 0. The minimum absolute atomic E-state index is 0.0213. The van der Waals surface area contributed by atoms with E-state index in [1.54, 1.807) is 29.8 Å². The Labute approximate surface area is 235 Å². The lowest BCUT2D eigenvalue weighted by atomic mass is 9.94. The molecule has 5 rings (SSSR count). The van der Waals surface area contributed by atoms with Crippen LogP contribution < -0.4 is 5.32 Å². The van der Waals surface area contributed by atoms with Crippen LogP contribution in [-0.4, -0.2) is 93.5 Å². The second-order valence-corrected chi connectivity index (χ2v) is 10.7. The van der Waals surface area contributed by atoms with Crippen LogP contribution in [0.2, 0.25) is 0 Å². The van der Waals surface area contributed by atoms with E-state index in [0.29, 0.717) is 43.4 Å². The molecule has 2 aliphatic rings. The van der Waals surface area contributed by atoms with Gasteiger partial charge in [-0.2, -0.15) is 0 Å². The summed E-state index contributed by atoms with van der Waals surface area (Å²) in [6.45, 7) is 5.34. The second-order valence-electron chi connectivity index (χ2n) is 10.7. The molecule has 2 aliphatic heterocycles. The van der Waals surface area contributed by atoms with Gasteiger partial charge in [0.1, 0.15) is 11.5 Å². The van der Waals surface area contributed by atoms with Crippen molar-refractivity contribution in [1.29, 1.82) is 0 Å². The summed E-state index contributed by atoms with van der Waals surface area (Å²) in [4.78, 5) is 40.2. The van der Waals surface area contributed by atoms with Crippen LogP contribution in [0.25, 0.3) is 11.4 Å². The summed E-state index contributed by atoms with van der Waals surface area (Å²) in [5, 5.41) is 14.4.